The smallest absolute Gasteiger partial charge is 0.227 e. The first kappa shape index (κ1) is 13.0. The number of carbonyl (C=O) groups excluding carboxylic acids is 1. The maximum Gasteiger partial charge on any atom is 0.227 e. The molecule has 0 radical (unpaired) electrons. The van der Waals surface area contributed by atoms with E-state index < -0.39 is 0 Å². The first-order valence-corrected chi connectivity index (χ1v) is 7.02. The molecule has 1 aliphatic carbocycles. The van der Waals surface area contributed by atoms with Crippen molar-refractivity contribution in [3.63, 3.8) is 0 Å². The van der Waals surface area contributed by atoms with Crippen LogP contribution in [0.3, 0.4) is 0 Å². The number of benzene rings is 2. The maximum absolute atomic E-state index is 11.6. The minimum Gasteiger partial charge on any atom is -0.355 e. The molecule has 0 aliphatic heterocycles. The van der Waals surface area contributed by atoms with Gasteiger partial charge in [0.25, 0.3) is 0 Å². The van der Waals surface area contributed by atoms with Crippen molar-refractivity contribution in [1.29, 1.82) is 0 Å². The van der Waals surface area contributed by atoms with Gasteiger partial charge in [0.05, 0.1) is 0 Å². The van der Waals surface area contributed by atoms with Crippen LogP contribution in [0.15, 0.2) is 48.5 Å². The molecule has 20 heavy (non-hydrogen) atoms. The Bertz CT molecular complexity index is 621. The second kappa shape index (κ2) is 5.55. The second-order valence-corrected chi connectivity index (χ2v) is 5.41. The fourth-order valence-electron chi connectivity index (χ4n) is 1.96. The predicted octanol–water partition coefficient (Wildman–Crippen LogP) is 4.43. The first-order valence-electron chi connectivity index (χ1n) is 6.64. The van der Waals surface area contributed by atoms with E-state index in [4.69, 9.17) is 11.6 Å². The molecule has 4 heteroatoms. The molecule has 0 aromatic heterocycles. The van der Waals surface area contributed by atoms with Crippen molar-refractivity contribution in [3.05, 3.63) is 53.6 Å². The summed E-state index contributed by atoms with van der Waals surface area (Å²) in [4.78, 5) is 11.6. The lowest BCUT2D eigenvalue weighted by Crippen LogP contribution is -2.13. The summed E-state index contributed by atoms with van der Waals surface area (Å²) in [6, 6.07) is 15.2. The fraction of sp³-hybridized carbons (Fsp3) is 0.188. The first-order chi connectivity index (χ1) is 9.70. The Morgan fingerprint density at radius 2 is 1.70 bits per heavy atom. The zero-order valence-electron chi connectivity index (χ0n) is 10.9. The molecule has 1 aliphatic rings. The minimum atomic E-state index is 0.126. The number of hydrogen-bond acceptors (Lipinski definition) is 2. The Morgan fingerprint density at radius 3 is 2.35 bits per heavy atom. The van der Waals surface area contributed by atoms with E-state index in [0.29, 0.717) is 5.02 Å². The molecule has 0 saturated heterocycles. The van der Waals surface area contributed by atoms with Gasteiger partial charge in [0.2, 0.25) is 5.91 Å². The van der Waals surface area contributed by atoms with Gasteiger partial charge in [-0.15, -0.1) is 0 Å². The third-order valence-corrected chi connectivity index (χ3v) is 3.45. The Balaban J connectivity index is 1.65. The number of rotatable bonds is 4. The van der Waals surface area contributed by atoms with Gasteiger partial charge in [-0.05, 0) is 55.3 Å². The van der Waals surface area contributed by atoms with Crippen LogP contribution in [0.1, 0.15) is 12.8 Å². The number of nitrogens with one attached hydrogen (secondary N) is 2. The Kier molecular flexibility index (Phi) is 3.61. The van der Waals surface area contributed by atoms with Gasteiger partial charge in [-0.25, -0.2) is 0 Å². The van der Waals surface area contributed by atoms with Gasteiger partial charge in [0.15, 0.2) is 0 Å². The normalized spacial score (nSPS) is 13.8. The predicted molar refractivity (Wildman–Crippen MR) is 82.5 cm³/mol. The summed E-state index contributed by atoms with van der Waals surface area (Å²) in [5.74, 6) is 0.347. The molecule has 0 heterocycles. The van der Waals surface area contributed by atoms with Crippen molar-refractivity contribution in [2.45, 2.75) is 12.8 Å². The third kappa shape index (κ3) is 3.31. The van der Waals surface area contributed by atoms with Gasteiger partial charge in [-0.3, -0.25) is 4.79 Å². The molecule has 1 saturated carbocycles. The lowest BCUT2D eigenvalue weighted by Gasteiger charge is -2.08. The number of halogens is 1. The maximum atomic E-state index is 11.6. The van der Waals surface area contributed by atoms with Crippen molar-refractivity contribution in [2.75, 3.05) is 10.6 Å². The van der Waals surface area contributed by atoms with Crippen LogP contribution in [0.4, 0.5) is 17.1 Å². The van der Waals surface area contributed by atoms with E-state index in [1.807, 2.05) is 48.5 Å². The highest BCUT2D eigenvalue weighted by Gasteiger charge is 2.29. The zero-order chi connectivity index (χ0) is 13.9. The summed E-state index contributed by atoms with van der Waals surface area (Å²) in [6.45, 7) is 0. The molecule has 2 N–H and O–H groups in total. The van der Waals surface area contributed by atoms with E-state index in [0.717, 1.165) is 29.9 Å². The van der Waals surface area contributed by atoms with Crippen LogP contribution in [0.2, 0.25) is 5.02 Å². The van der Waals surface area contributed by atoms with Crippen molar-refractivity contribution in [2.24, 2.45) is 5.92 Å². The van der Waals surface area contributed by atoms with Crippen LogP contribution in [0.25, 0.3) is 0 Å². The molecular weight excluding hydrogens is 272 g/mol. The fourth-order valence-corrected chi connectivity index (χ4v) is 2.15. The molecule has 0 atom stereocenters. The molecule has 2 aromatic carbocycles. The Morgan fingerprint density at radius 1 is 1.00 bits per heavy atom. The topological polar surface area (TPSA) is 41.1 Å². The Labute approximate surface area is 123 Å². The SMILES string of the molecule is O=C(Nc1ccc(Nc2cccc(Cl)c2)cc1)C1CC1. The van der Waals surface area contributed by atoms with Crippen molar-refractivity contribution < 1.29 is 4.79 Å². The van der Waals surface area contributed by atoms with Crippen molar-refractivity contribution in [3.8, 4) is 0 Å². The number of anilines is 3. The molecular formula is C16H15ClN2O. The van der Waals surface area contributed by atoms with Crippen LogP contribution < -0.4 is 10.6 Å². The molecule has 0 spiro atoms. The lowest BCUT2D eigenvalue weighted by atomic mass is 10.2. The van der Waals surface area contributed by atoms with Gasteiger partial charge in [-0.2, -0.15) is 0 Å². The largest absolute Gasteiger partial charge is 0.355 e. The molecule has 0 bridgehead atoms. The van der Waals surface area contributed by atoms with Gasteiger partial charge < -0.3 is 10.6 Å². The lowest BCUT2D eigenvalue weighted by molar-refractivity contribution is -0.117. The van der Waals surface area contributed by atoms with E-state index in [1.165, 1.54) is 0 Å². The van der Waals surface area contributed by atoms with Crippen molar-refractivity contribution in [1.82, 2.24) is 0 Å². The third-order valence-electron chi connectivity index (χ3n) is 3.21. The molecule has 2 aromatic rings. The Hall–Kier alpha value is -2.00. The number of amides is 1. The summed E-state index contributed by atoms with van der Waals surface area (Å²) < 4.78 is 0. The van der Waals surface area contributed by atoms with Gasteiger partial charge >= 0.3 is 0 Å². The standard InChI is InChI=1S/C16H15ClN2O/c17-12-2-1-3-15(10-12)18-13-6-8-14(9-7-13)19-16(20)11-4-5-11/h1-3,6-11,18H,4-5H2,(H,19,20). The number of carbonyl (C=O) groups is 1. The highest BCUT2D eigenvalue weighted by molar-refractivity contribution is 6.30. The average molecular weight is 287 g/mol. The van der Waals surface area contributed by atoms with E-state index in [9.17, 15) is 4.79 Å². The summed E-state index contributed by atoms with van der Waals surface area (Å²) in [7, 11) is 0. The molecule has 102 valence electrons. The van der Waals surface area contributed by atoms with E-state index >= 15 is 0 Å². The van der Waals surface area contributed by atoms with Crippen LogP contribution in [-0.2, 0) is 4.79 Å². The van der Waals surface area contributed by atoms with Gasteiger partial charge in [0, 0.05) is 28.0 Å². The van der Waals surface area contributed by atoms with Crippen LogP contribution >= 0.6 is 11.6 Å². The number of hydrogen-bond donors (Lipinski definition) is 2. The molecule has 0 unspecified atom stereocenters. The van der Waals surface area contributed by atoms with Crippen molar-refractivity contribution >= 4 is 34.6 Å². The summed E-state index contributed by atoms with van der Waals surface area (Å²) >= 11 is 5.94. The highest BCUT2D eigenvalue weighted by Crippen LogP contribution is 2.30. The summed E-state index contributed by atoms with van der Waals surface area (Å²) in [5, 5.41) is 6.88. The summed E-state index contributed by atoms with van der Waals surface area (Å²) in [6.07, 6.45) is 2.03. The zero-order valence-corrected chi connectivity index (χ0v) is 11.7. The minimum absolute atomic E-state index is 0.126. The highest BCUT2D eigenvalue weighted by atomic mass is 35.5. The van der Waals surface area contributed by atoms with E-state index in [2.05, 4.69) is 10.6 Å². The molecule has 1 amide bonds. The van der Waals surface area contributed by atoms with Crippen LogP contribution in [0.5, 0.6) is 0 Å². The van der Waals surface area contributed by atoms with Crippen LogP contribution in [0, 0.1) is 5.92 Å². The monoisotopic (exact) mass is 286 g/mol. The van der Waals surface area contributed by atoms with E-state index in [-0.39, 0.29) is 11.8 Å². The molecule has 3 nitrogen and oxygen atoms in total. The summed E-state index contributed by atoms with van der Waals surface area (Å²) in [5.41, 5.74) is 2.72. The van der Waals surface area contributed by atoms with Crippen LogP contribution in [-0.4, -0.2) is 5.91 Å². The van der Waals surface area contributed by atoms with Gasteiger partial charge in [0.1, 0.15) is 0 Å². The molecule has 1 fully saturated rings. The average Bonchev–Trinajstić information content (AvgIpc) is 3.25. The quantitative estimate of drug-likeness (QED) is 0.873. The second-order valence-electron chi connectivity index (χ2n) is 4.98. The van der Waals surface area contributed by atoms with E-state index in [1.54, 1.807) is 0 Å². The molecule has 3 rings (SSSR count). The van der Waals surface area contributed by atoms with Gasteiger partial charge in [-0.1, -0.05) is 17.7 Å².